The molecule has 5 rings (SSSR count). The monoisotopic (exact) mass is 343 g/mol. The highest BCUT2D eigenvalue weighted by Crippen LogP contribution is 2.45. The van der Waals surface area contributed by atoms with E-state index < -0.39 is 0 Å². The van der Waals surface area contributed by atoms with Crippen molar-refractivity contribution in [3.8, 4) is 0 Å². The number of hydrogen-bond donors (Lipinski definition) is 0. The summed E-state index contributed by atoms with van der Waals surface area (Å²) in [6.07, 6.45) is 0. The van der Waals surface area contributed by atoms with Crippen LogP contribution in [0.2, 0.25) is 0 Å². The average molecular weight is 343 g/mol. The van der Waals surface area contributed by atoms with Gasteiger partial charge in [0.25, 0.3) is 0 Å². The van der Waals surface area contributed by atoms with Crippen LogP contribution >= 0.6 is 11.3 Å². The summed E-state index contributed by atoms with van der Waals surface area (Å²) in [4.78, 5) is 0. The molecule has 0 saturated heterocycles. The zero-order chi connectivity index (χ0) is 17.3. The molecule has 0 spiro atoms. The summed E-state index contributed by atoms with van der Waals surface area (Å²) in [6.45, 7) is 6.97. The molecule has 0 bridgehead atoms. The minimum absolute atomic E-state index is 0.104. The maximum Gasteiger partial charge on any atom is 0.0586 e. The van der Waals surface area contributed by atoms with Crippen LogP contribution in [0.25, 0.3) is 42.0 Å². The molecule has 0 amide bonds. The fourth-order valence-electron chi connectivity index (χ4n) is 4.16. The van der Waals surface area contributed by atoms with Gasteiger partial charge in [0.05, 0.1) is 5.52 Å². The third kappa shape index (κ3) is 1.95. The molecule has 0 aliphatic carbocycles. The molecule has 0 saturated carbocycles. The Morgan fingerprint density at radius 2 is 1.48 bits per heavy atom. The van der Waals surface area contributed by atoms with Gasteiger partial charge in [-0.2, -0.15) is 0 Å². The van der Waals surface area contributed by atoms with Crippen molar-refractivity contribution in [3.63, 3.8) is 0 Å². The third-order valence-electron chi connectivity index (χ3n) is 5.32. The van der Waals surface area contributed by atoms with Crippen molar-refractivity contribution in [1.29, 1.82) is 0 Å². The Balaban J connectivity index is 2.18. The van der Waals surface area contributed by atoms with Crippen molar-refractivity contribution in [2.75, 3.05) is 0 Å². The Labute approximate surface area is 151 Å². The molecular formula is C23H21NS. The number of hydrogen-bond acceptors (Lipinski definition) is 1. The second-order valence-corrected chi connectivity index (χ2v) is 9.03. The quantitative estimate of drug-likeness (QED) is 0.285. The van der Waals surface area contributed by atoms with Crippen LogP contribution in [0, 0.1) is 0 Å². The minimum atomic E-state index is 0.104. The topological polar surface area (TPSA) is 4.93 Å². The van der Waals surface area contributed by atoms with Crippen molar-refractivity contribution in [3.05, 3.63) is 60.2 Å². The number of nitrogens with zero attached hydrogens (tertiary/aromatic N) is 1. The van der Waals surface area contributed by atoms with Gasteiger partial charge in [-0.25, -0.2) is 0 Å². The number of aromatic nitrogens is 1. The van der Waals surface area contributed by atoms with Gasteiger partial charge in [0.15, 0.2) is 0 Å². The molecule has 0 aliphatic rings. The lowest BCUT2D eigenvalue weighted by Crippen LogP contribution is -2.11. The van der Waals surface area contributed by atoms with Gasteiger partial charge >= 0.3 is 0 Å². The van der Waals surface area contributed by atoms with E-state index in [0.717, 1.165) is 0 Å². The van der Waals surface area contributed by atoms with E-state index in [-0.39, 0.29) is 5.41 Å². The number of benzene rings is 3. The van der Waals surface area contributed by atoms with Gasteiger partial charge in [-0.05, 0) is 29.2 Å². The highest BCUT2D eigenvalue weighted by atomic mass is 32.1. The summed E-state index contributed by atoms with van der Waals surface area (Å²) < 4.78 is 5.15. The Morgan fingerprint density at radius 1 is 0.800 bits per heavy atom. The molecule has 2 heteroatoms. The Morgan fingerprint density at radius 3 is 2.24 bits per heavy atom. The summed E-state index contributed by atoms with van der Waals surface area (Å²) in [6, 6.07) is 20.0. The van der Waals surface area contributed by atoms with Crippen molar-refractivity contribution in [2.45, 2.75) is 26.2 Å². The van der Waals surface area contributed by atoms with Crippen molar-refractivity contribution < 1.29 is 0 Å². The molecule has 2 heterocycles. The normalized spacial score (nSPS) is 12.8. The number of para-hydroxylation sites is 1. The number of thiophene rings is 1. The van der Waals surface area contributed by atoms with Gasteiger partial charge in [-0.3, -0.25) is 0 Å². The van der Waals surface area contributed by atoms with Crippen LogP contribution in [0.4, 0.5) is 0 Å². The molecule has 2 aromatic heterocycles. The van der Waals surface area contributed by atoms with Crippen molar-refractivity contribution >= 4 is 53.3 Å². The molecule has 0 N–H and O–H groups in total. The maximum absolute atomic E-state index is 2.44. The van der Waals surface area contributed by atoms with Crippen LogP contribution in [0.15, 0.2) is 54.6 Å². The van der Waals surface area contributed by atoms with Crippen LogP contribution in [-0.2, 0) is 12.5 Å². The maximum atomic E-state index is 2.44. The Bertz CT molecular complexity index is 1280. The minimum Gasteiger partial charge on any atom is -0.343 e. The van der Waals surface area contributed by atoms with Gasteiger partial charge in [0, 0.05) is 43.5 Å². The Hall–Kier alpha value is -2.32. The first-order chi connectivity index (χ1) is 12.0. The largest absolute Gasteiger partial charge is 0.343 e. The first-order valence-electron chi connectivity index (χ1n) is 8.78. The van der Waals surface area contributed by atoms with Crippen LogP contribution < -0.4 is 0 Å². The van der Waals surface area contributed by atoms with E-state index in [1.54, 1.807) is 0 Å². The summed E-state index contributed by atoms with van der Waals surface area (Å²) >= 11 is 1.91. The second kappa shape index (κ2) is 4.86. The lowest BCUT2D eigenvalue weighted by Gasteiger charge is -2.21. The fraction of sp³-hybridized carbons (Fsp3) is 0.217. The van der Waals surface area contributed by atoms with Crippen LogP contribution in [0.3, 0.4) is 0 Å². The van der Waals surface area contributed by atoms with E-state index in [1.807, 2.05) is 11.3 Å². The standard InChI is InChI=1S/C23H21NS/c1-23(2,3)16-13-19-21(15-10-6-8-12-18(15)25-19)22-20(16)14-9-5-7-11-17(14)24(22)4/h5-13H,1-4H3. The lowest BCUT2D eigenvalue weighted by atomic mass is 9.83. The number of rotatable bonds is 0. The molecule has 25 heavy (non-hydrogen) atoms. The molecule has 3 aromatic carbocycles. The van der Waals surface area contributed by atoms with E-state index in [9.17, 15) is 0 Å². The van der Waals surface area contributed by atoms with E-state index in [0.29, 0.717) is 0 Å². The molecule has 1 nitrogen and oxygen atoms in total. The molecule has 124 valence electrons. The summed E-state index contributed by atoms with van der Waals surface area (Å²) in [7, 11) is 2.21. The van der Waals surface area contributed by atoms with E-state index in [2.05, 4.69) is 87.0 Å². The fourth-order valence-corrected chi connectivity index (χ4v) is 5.31. The molecule has 0 radical (unpaired) electrons. The van der Waals surface area contributed by atoms with Gasteiger partial charge in [0.2, 0.25) is 0 Å². The zero-order valence-corrected chi connectivity index (χ0v) is 15.9. The van der Waals surface area contributed by atoms with E-state index in [1.165, 1.54) is 47.5 Å². The highest BCUT2D eigenvalue weighted by Gasteiger charge is 2.24. The molecule has 0 atom stereocenters. The van der Waals surface area contributed by atoms with Crippen LogP contribution in [0.5, 0.6) is 0 Å². The average Bonchev–Trinajstić information content (AvgIpc) is 3.10. The van der Waals surface area contributed by atoms with E-state index >= 15 is 0 Å². The van der Waals surface area contributed by atoms with Gasteiger partial charge in [-0.15, -0.1) is 11.3 Å². The number of fused-ring (bicyclic) bond motifs is 7. The molecule has 0 unspecified atom stereocenters. The SMILES string of the molecule is Cn1c2ccccc2c2c(C(C)(C)C)cc3sc4ccccc4c3c21. The lowest BCUT2D eigenvalue weighted by molar-refractivity contribution is 0.597. The van der Waals surface area contributed by atoms with Gasteiger partial charge < -0.3 is 4.57 Å². The van der Waals surface area contributed by atoms with Gasteiger partial charge in [-0.1, -0.05) is 57.2 Å². The first-order valence-corrected chi connectivity index (χ1v) is 9.60. The smallest absolute Gasteiger partial charge is 0.0586 e. The molecule has 0 aliphatic heterocycles. The van der Waals surface area contributed by atoms with Crippen LogP contribution in [-0.4, -0.2) is 4.57 Å². The van der Waals surface area contributed by atoms with Crippen LogP contribution in [0.1, 0.15) is 26.3 Å². The number of aryl methyl sites for hydroxylation is 1. The first kappa shape index (κ1) is 15.0. The predicted molar refractivity (Wildman–Crippen MR) is 112 cm³/mol. The molecular weight excluding hydrogens is 322 g/mol. The zero-order valence-electron chi connectivity index (χ0n) is 15.1. The summed E-state index contributed by atoms with van der Waals surface area (Å²) in [5, 5.41) is 5.56. The van der Waals surface area contributed by atoms with Gasteiger partial charge in [0.1, 0.15) is 0 Å². The predicted octanol–water partition coefficient (Wildman–Crippen LogP) is 7.00. The Kier molecular flexibility index (Phi) is 2.91. The summed E-state index contributed by atoms with van der Waals surface area (Å²) in [5.41, 5.74) is 4.23. The summed E-state index contributed by atoms with van der Waals surface area (Å²) in [5.74, 6) is 0. The third-order valence-corrected chi connectivity index (χ3v) is 6.44. The van der Waals surface area contributed by atoms with Crippen molar-refractivity contribution in [2.24, 2.45) is 7.05 Å². The highest BCUT2D eigenvalue weighted by molar-refractivity contribution is 7.26. The molecule has 5 aromatic rings. The second-order valence-electron chi connectivity index (χ2n) is 7.95. The molecule has 0 fully saturated rings. The van der Waals surface area contributed by atoms with E-state index in [4.69, 9.17) is 0 Å². The van der Waals surface area contributed by atoms with Crippen molar-refractivity contribution in [1.82, 2.24) is 4.57 Å².